The average Bonchev–Trinajstić information content (AvgIpc) is 2.63. The lowest BCUT2D eigenvalue weighted by Gasteiger charge is -2.09. The van der Waals surface area contributed by atoms with Gasteiger partial charge in [0.1, 0.15) is 5.25 Å². The Morgan fingerprint density at radius 1 is 0.808 bits per heavy atom. The molecule has 1 unspecified atom stereocenters. The van der Waals surface area contributed by atoms with E-state index >= 15 is 0 Å². The molecule has 0 saturated carbocycles. The van der Waals surface area contributed by atoms with Crippen molar-refractivity contribution >= 4 is 10.1 Å². The van der Waals surface area contributed by atoms with Crippen LogP contribution in [0.3, 0.4) is 0 Å². The summed E-state index contributed by atoms with van der Waals surface area (Å²) < 4.78 is 28.0. The summed E-state index contributed by atoms with van der Waals surface area (Å²) in [7, 11) is -3.59. The summed E-state index contributed by atoms with van der Waals surface area (Å²) in [6.07, 6.45) is 21.8. The quantitative estimate of drug-likeness (QED) is 0.173. The van der Waals surface area contributed by atoms with E-state index in [0.717, 1.165) is 19.3 Å². The van der Waals surface area contributed by atoms with Crippen LogP contribution in [0.4, 0.5) is 0 Å². The van der Waals surface area contributed by atoms with Crippen LogP contribution in [-0.4, -0.2) is 32.0 Å². The zero-order valence-electron chi connectivity index (χ0n) is 17.1. The molecule has 0 radical (unpaired) electrons. The predicted octanol–water partition coefficient (Wildman–Crippen LogP) is 5.75. The third-order valence-corrected chi connectivity index (χ3v) is 6.28. The van der Waals surface area contributed by atoms with Crippen LogP contribution in [0, 0.1) is 0 Å². The summed E-state index contributed by atoms with van der Waals surface area (Å²) in [6.45, 7) is 3.55. The van der Waals surface area contributed by atoms with Crippen molar-refractivity contribution in [3.63, 3.8) is 0 Å². The molecule has 0 aliphatic carbocycles. The first-order chi connectivity index (χ1) is 12.5. The lowest BCUT2D eigenvalue weighted by molar-refractivity contribution is 0.265. The highest BCUT2D eigenvalue weighted by molar-refractivity contribution is 7.87. The summed E-state index contributed by atoms with van der Waals surface area (Å²) in [4.78, 5) is 0. The Hall–Kier alpha value is -0.390. The molecular formula is C21H42O4S. The average molecular weight is 391 g/mol. The van der Waals surface area contributed by atoms with Crippen molar-refractivity contribution in [2.45, 2.75) is 109 Å². The number of allylic oxidation sites excluding steroid dienone is 2. The molecule has 0 aromatic carbocycles. The van der Waals surface area contributed by atoms with Crippen molar-refractivity contribution in [1.29, 1.82) is 0 Å². The van der Waals surface area contributed by atoms with Gasteiger partial charge in [-0.15, -0.1) is 0 Å². The van der Waals surface area contributed by atoms with Crippen LogP contribution >= 0.6 is 0 Å². The van der Waals surface area contributed by atoms with E-state index in [0.29, 0.717) is 0 Å². The fraction of sp³-hybridized carbons (Fsp3) is 0.905. The molecule has 0 bridgehead atoms. The SMILES string of the molecule is CCCCCCCCC=CCCCCCCCCOS(=O)(=O)C(C)CO. The smallest absolute Gasteiger partial charge is 0.272 e. The second-order valence-electron chi connectivity index (χ2n) is 7.25. The molecule has 4 nitrogen and oxygen atoms in total. The molecule has 1 N–H and O–H groups in total. The molecule has 1 atom stereocenters. The number of rotatable bonds is 19. The van der Waals surface area contributed by atoms with Crippen LogP contribution in [0.5, 0.6) is 0 Å². The molecule has 156 valence electrons. The maximum Gasteiger partial charge on any atom is 0.272 e. The van der Waals surface area contributed by atoms with Gasteiger partial charge in [0.25, 0.3) is 10.1 Å². The van der Waals surface area contributed by atoms with E-state index in [1.54, 1.807) is 0 Å². The van der Waals surface area contributed by atoms with Crippen molar-refractivity contribution in [3.8, 4) is 0 Å². The molecule has 0 spiro atoms. The minimum Gasteiger partial charge on any atom is -0.395 e. The van der Waals surface area contributed by atoms with E-state index in [-0.39, 0.29) is 6.61 Å². The molecule has 0 aromatic rings. The van der Waals surface area contributed by atoms with Gasteiger partial charge >= 0.3 is 0 Å². The minimum absolute atomic E-state index is 0.230. The fourth-order valence-corrected chi connectivity index (χ4v) is 3.50. The van der Waals surface area contributed by atoms with Gasteiger partial charge in [-0.25, -0.2) is 0 Å². The highest BCUT2D eigenvalue weighted by Gasteiger charge is 2.20. The lowest BCUT2D eigenvalue weighted by Crippen LogP contribution is -2.24. The minimum atomic E-state index is -3.59. The van der Waals surface area contributed by atoms with Crippen LogP contribution in [0.15, 0.2) is 12.2 Å². The van der Waals surface area contributed by atoms with E-state index in [1.807, 2.05) is 0 Å². The van der Waals surface area contributed by atoms with E-state index in [1.165, 1.54) is 77.6 Å². The van der Waals surface area contributed by atoms with Crippen LogP contribution in [0.1, 0.15) is 104 Å². The third-order valence-electron chi connectivity index (χ3n) is 4.65. The van der Waals surface area contributed by atoms with E-state index in [9.17, 15) is 8.42 Å². The Kier molecular flexibility index (Phi) is 17.7. The third kappa shape index (κ3) is 15.8. The summed E-state index contributed by atoms with van der Waals surface area (Å²) in [5.41, 5.74) is 0. The lowest BCUT2D eigenvalue weighted by atomic mass is 10.1. The fourth-order valence-electron chi connectivity index (χ4n) is 2.73. The highest BCUT2D eigenvalue weighted by atomic mass is 32.2. The van der Waals surface area contributed by atoms with E-state index in [4.69, 9.17) is 9.29 Å². The van der Waals surface area contributed by atoms with Gasteiger partial charge in [-0.3, -0.25) is 4.18 Å². The van der Waals surface area contributed by atoms with Gasteiger partial charge in [0.15, 0.2) is 0 Å². The first kappa shape index (κ1) is 25.6. The van der Waals surface area contributed by atoms with Gasteiger partial charge in [-0.1, -0.05) is 76.9 Å². The van der Waals surface area contributed by atoms with Crippen molar-refractivity contribution in [2.24, 2.45) is 0 Å². The van der Waals surface area contributed by atoms with Crippen LogP contribution < -0.4 is 0 Å². The molecule has 0 heterocycles. The van der Waals surface area contributed by atoms with Gasteiger partial charge in [-0.2, -0.15) is 8.42 Å². The van der Waals surface area contributed by atoms with Gasteiger partial charge < -0.3 is 5.11 Å². The summed E-state index contributed by atoms with van der Waals surface area (Å²) >= 11 is 0. The predicted molar refractivity (Wildman–Crippen MR) is 111 cm³/mol. The van der Waals surface area contributed by atoms with Gasteiger partial charge in [-0.05, 0) is 39.0 Å². The van der Waals surface area contributed by atoms with Gasteiger partial charge in [0.2, 0.25) is 0 Å². The molecular weight excluding hydrogens is 348 g/mol. The van der Waals surface area contributed by atoms with Gasteiger partial charge in [0.05, 0.1) is 13.2 Å². The van der Waals surface area contributed by atoms with Crippen molar-refractivity contribution in [1.82, 2.24) is 0 Å². The number of aliphatic hydroxyl groups excluding tert-OH is 1. The Bertz CT molecular complexity index is 418. The Morgan fingerprint density at radius 2 is 1.27 bits per heavy atom. The van der Waals surface area contributed by atoms with Crippen LogP contribution in [0.25, 0.3) is 0 Å². The molecule has 26 heavy (non-hydrogen) atoms. The maximum atomic E-state index is 11.5. The number of aliphatic hydroxyl groups is 1. The molecule has 0 aliphatic heterocycles. The molecule has 0 rings (SSSR count). The largest absolute Gasteiger partial charge is 0.395 e. The second kappa shape index (κ2) is 18.0. The summed E-state index contributed by atoms with van der Waals surface area (Å²) in [5, 5.41) is 8.01. The molecule has 0 fully saturated rings. The van der Waals surface area contributed by atoms with Crippen molar-refractivity contribution in [3.05, 3.63) is 12.2 Å². The van der Waals surface area contributed by atoms with Crippen molar-refractivity contribution in [2.75, 3.05) is 13.2 Å². The number of hydrogen-bond donors (Lipinski definition) is 1. The Labute approximate surface area is 162 Å². The summed E-state index contributed by atoms with van der Waals surface area (Å²) in [6, 6.07) is 0. The zero-order valence-corrected chi connectivity index (χ0v) is 17.9. The highest BCUT2D eigenvalue weighted by Crippen LogP contribution is 2.11. The zero-order chi connectivity index (χ0) is 19.5. The normalized spacial score (nSPS) is 13.5. The molecule has 0 aliphatic rings. The van der Waals surface area contributed by atoms with Crippen LogP contribution in [0.2, 0.25) is 0 Å². The Balaban J connectivity index is 3.30. The second-order valence-corrected chi connectivity index (χ2v) is 9.27. The molecule has 5 heteroatoms. The molecule has 0 aromatic heterocycles. The topological polar surface area (TPSA) is 63.6 Å². The Morgan fingerprint density at radius 3 is 1.77 bits per heavy atom. The molecule has 0 saturated heterocycles. The van der Waals surface area contributed by atoms with Crippen LogP contribution in [-0.2, 0) is 14.3 Å². The van der Waals surface area contributed by atoms with Crippen molar-refractivity contribution < 1.29 is 17.7 Å². The number of unbranched alkanes of at least 4 members (excludes halogenated alkanes) is 12. The maximum absolute atomic E-state index is 11.5. The van der Waals surface area contributed by atoms with Gasteiger partial charge in [0, 0.05) is 0 Å². The standard InChI is InChI=1S/C21H42O4S/c1-3-4-5-6-7-8-9-10-11-12-13-14-15-16-17-18-19-25-26(23,24)21(2)20-22/h10-11,21-22H,3-9,12-20H2,1-2H3. The first-order valence-corrected chi connectivity index (χ1v) is 12.2. The number of hydrogen-bond acceptors (Lipinski definition) is 4. The summed E-state index contributed by atoms with van der Waals surface area (Å²) in [5.74, 6) is 0. The van der Waals surface area contributed by atoms with E-state index in [2.05, 4.69) is 19.1 Å². The molecule has 0 amide bonds. The monoisotopic (exact) mass is 390 g/mol. The first-order valence-electron chi connectivity index (χ1n) is 10.7. The van der Waals surface area contributed by atoms with E-state index < -0.39 is 22.0 Å².